The molecule has 0 aromatic rings. The van der Waals surface area contributed by atoms with Crippen molar-refractivity contribution in [3.05, 3.63) is 0 Å². The summed E-state index contributed by atoms with van der Waals surface area (Å²) in [4.78, 5) is 11.0. The highest BCUT2D eigenvalue weighted by molar-refractivity contribution is 5.76. The van der Waals surface area contributed by atoms with Crippen LogP contribution in [-0.4, -0.2) is 30.6 Å². The zero-order valence-electron chi connectivity index (χ0n) is 10.9. The molecule has 3 heteroatoms. The maximum Gasteiger partial charge on any atom is 0.132 e. The van der Waals surface area contributed by atoms with E-state index in [1.165, 1.54) is 0 Å². The van der Waals surface area contributed by atoms with Gasteiger partial charge in [-0.3, -0.25) is 4.79 Å². The Hall–Kier alpha value is -0.410. The van der Waals surface area contributed by atoms with E-state index in [1.807, 2.05) is 20.9 Å². The Bertz CT molecular complexity index is 210. The lowest BCUT2D eigenvalue weighted by Crippen LogP contribution is -2.38. The first kappa shape index (κ1) is 14.6. The molecule has 0 radical (unpaired) electrons. The number of rotatable bonds is 7. The van der Waals surface area contributed by atoms with E-state index in [-0.39, 0.29) is 16.9 Å². The van der Waals surface area contributed by atoms with Gasteiger partial charge in [0.2, 0.25) is 0 Å². The largest absolute Gasteiger partial charge is 0.375 e. The first-order valence-corrected chi connectivity index (χ1v) is 5.51. The van der Waals surface area contributed by atoms with E-state index in [4.69, 9.17) is 4.74 Å². The molecule has 0 aromatic heterocycles. The van der Waals surface area contributed by atoms with Crippen LogP contribution in [0, 0.1) is 0 Å². The van der Waals surface area contributed by atoms with Gasteiger partial charge in [-0.25, -0.2) is 0 Å². The molecule has 0 aromatic carbocycles. The second-order valence-electron chi connectivity index (χ2n) is 5.37. The van der Waals surface area contributed by atoms with E-state index in [9.17, 15) is 4.79 Å². The molecule has 0 atom stereocenters. The molecule has 0 amide bonds. The number of carbonyl (C=O) groups excluding carboxylic acids is 1. The van der Waals surface area contributed by atoms with Crippen molar-refractivity contribution in [3.63, 3.8) is 0 Å². The minimum atomic E-state index is -0.338. The highest BCUT2D eigenvalue weighted by atomic mass is 16.5. The van der Waals surface area contributed by atoms with Crippen molar-refractivity contribution in [2.24, 2.45) is 0 Å². The maximum atomic E-state index is 11.0. The quantitative estimate of drug-likeness (QED) is 0.707. The Morgan fingerprint density at radius 3 is 2.20 bits per heavy atom. The van der Waals surface area contributed by atoms with Crippen LogP contribution in [0.15, 0.2) is 0 Å². The fraction of sp³-hybridized carbons (Fsp3) is 0.917. The summed E-state index contributed by atoms with van der Waals surface area (Å²) >= 11 is 0. The number of carbonyl (C=O) groups is 1. The Labute approximate surface area is 93.6 Å². The van der Waals surface area contributed by atoms with Crippen molar-refractivity contribution in [1.29, 1.82) is 0 Å². The summed E-state index contributed by atoms with van der Waals surface area (Å²) < 4.78 is 5.72. The van der Waals surface area contributed by atoms with Crippen molar-refractivity contribution in [2.45, 2.75) is 58.6 Å². The molecule has 1 N–H and O–H groups in total. The molecule has 0 bridgehead atoms. The normalized spacial score (nSPS) is 12.9. The van der Waals surface area contributed by atoms with Crippen molar-refractivity contribution < 1.29 is 9.53 Å². The van der Waals surface area contributed by atoms with E-state index < -0.39 is 0 Å². The summed E-state index contributed by atoms with van der Waals surface area (Å²) in [5, 5.41) is 3.22. The number of nitrogens with one attached hydrogen (secondary N) is 1. The summed E-state index contributed by atoms with van der Waals surface area (Å²) in [5.41, 5.74) is -0.248. The average Bonchev–Trinajstić information content (AvgIpc) is 2.00. The second-order valence-corrected chi connectivity index (χ2v) is 5.37. The third-order valence-corrected chi connectivity index (χ3v) is 2.57. The van der Waals surface area contributed by atoms with Crippen LogP contribution in [0.1, 0.15) is 47.5 Å². The molecular weight excluding hydrogens is 190 g/mol. The predicted molar refractivity (Wildman–Crippen MR) is 63.1 cm³/mol. The zero-order valence-corrected chi connectivity index (χ0v) is 10.9. The molecule has 90 valence electrons. The van der Waals surface area contributed by atoms with Gasteiger partial charge >= 0.3 is 0 Å². The number of ether oxygens (including phenoxy) is 1. The third kappa shape index (κ3) is 7.51. The fourth-order valence-electron chi connectivity index (χ4n) is 1.36. The Morgan fingerprint density at radius 1 is 1.27 bits per heavy atom. The summed E-state index contributed by atoms with van der Waals surface area (Å²) in [6.07, 6.45) is 1.41. The van der Waals surface area contributed by atoms with Crippen molar-refractivity contribution in [1.82, 2.24) is 5.32 Å². The van der Waals surface area contributed by atoms with Crippen LogP contribution in [0.3, 0.4) is 0 Å². The fourth-order valence-corrected chi connectivity index (χ4v) is 1.36. The van der Waals surface area contributed by atoms with Gasteiger partial charge in [0.25, 0.3) is 0 Å². The Morgan fingerprint density at radius 2 is 1.80 bits per heavy atom. The van der Waals surface area contributed by atoms with Gasteiger partial charge in [-0.05, 0) is 48.1 Å². The van der Waals surface area contributed by atoms with Crippen LogP contribution in [0.2, 0.25) is 0 Å². The molecule has 0 aliphatic rings. The molecule has 0 saturated heterocycles. The van der Waals surface area contributed by atoms with Crippen LogP contribution < -0.4 is 5.32 Å². The molecule has 0 unspecified atom stereocenters. The third-order valence-electron chi connectivity index (χ3n) is 2.57. The summed E-state index contributed by atoms with van der Waals surface area (Å²) in [5.74, 6) is 0.174. The molecule has 0 aliphatic heterocycles. The number of hydrogen-bond acceptors (Lipinski definition) is 3. The van der Waals surface area contributed by atoms with Crippen molar-refractivity contribution >= 4 is 5.78 Å². The summed E-state index contributed by atoms with van der Waals surface area (Å²) in [7, 11) is 1.95. The van der Waals surface area contributed by atoms with Crippen LogP contribution >= 0.6 is 0 Å². The zero-order chi connectivity index (χ0) is 12.1. The summed E-state index contributed by atoms with van der Waals surface area (Å²) in [6, 6.07) is 0. The Kier molecular flexibility index (Phi) is 5.46. The maximum absolute atomic E-state index is 11.0. The van der Waals surface area contributed by atoms with E-state index in [0.717, 1.165) is 6.42 Å². The van der Waals surface area contributed by atoms with Crippen LogP contribution in [0.4, 0.5) is 0 Å². The van der Waals surface area contributed by atoms with Crippen molar-refractivity contribution in [3.8, 4) is 0 Å². The minimum absolute atomic E-state index is 0.0896. The van der Waals surface area contributed by atoms with E-state index in [0.29, 0.717) is 13.0 Å². The number of Topliss-reactive ketones (excluding diaryl/α,β-unsaturated/α-hetero) is 1. The van der Waals surface area contributed by atoms with Gasteiger partial charge in [-0.1, -0.05) is 0 Å². The molecule has 3 nitrogen and oxygen atoms in total. The van der Waals surface area contributed by atoms with Crippen LogP contribution in [0.25, 0.3) is 0 Å². The standard InChI is InChI=1S/C12H25NO2/c1-10(14)9-12(4,5)15-8-7-11(2,3)13-6/h13H,7-9H2,1-6H3. The lowest BCUT2D eigenvalue weighted by atomic mass is 10.0. The van der Waals surface area contributed by atoms with Crippen molar-refractivity contribution in [2.75, 3.05) is 13.7 Å². The van der Waals surface area contributed by atoms with Crippen LogP contribution in [0.5, 0.6) is 0 Å². The number of hydrogen-bond donors (Lipinski definition) is 1. The van der Waals surface area contributed by atoms with Gasteiger partial charge in [0.05, 0.1) is 5.60 Å². The summed E-state index contributed by atoms with van der Waals surface area (Å²) in [6.45, 7) is 10.5. The average molecular weight is 215 g/mol. The molecule has 0 fully saturated rings. The van der Waals surface area contributed by atoms with Gasteiger partial charge in [-0.2, -0.15) is 0 Å². The molecule has 0 aliphatic carbocycles. The smallest absolute Gasteiger partial charge is 0.132 e. The molecule has 0 rings (SSSR count). The molecule has 15 heavy (non-hydrogen) atoms. The SMILES string of the molecule is CNC(C)(C)CCOC(C)(C)CC(C)=O. The van der Waals surface area contributed by atoms with E-state index in [2.05, 4.69) is 19.2 Å². The number of ketones is 1. The minimum Gasteiger partial charge on any atom is -0.375 e. The van der Waals surface area contributed by atoms with Gasteiger partial charge in [0.1, 0.15) is 5.78 Å². The predicted octanol–water partition coefficient (Wildman–Crippen LogP) is 2.15. The van der Waals surface area contributed by atoms with Gasteiger partial charge in [0.15, 0.2) is 0 Å². The van der Waals surface area contributed by atoms with Gasteiger partial charge in [0, 0.05) is 18.6 Å². The van der Waals surface area contributed by atoms with Crippen LogP contribution in [-0.2, 0) is 9.53 Å². The molecule has 0 saturated carbocycles. The van der Waals surface area contributed by atoms with E-state index >= 15 is 0 Å². The molecular formula is C12H25NO2. The highest BCUT2D eigenvalue weighted by Crippen LogP contribution is 2.17. The monoisotopic (exact) mass is 215 g/mol. The molecule has 0 heterocycles. The lowest BCUT2D eigenvalue weighted by molar-refractivity contribution is -0.123. The first-order valence-electron chi connectivity index (χ1n) is 5.51. The Balaban J connectivity index is 3.89. The molecule has 0 spiro atoms. The van der Waals surface area contributed by atoms with E-state index in [1.54, 1.807) is 6.92 Å². The van der Waals surface area contributed by atoms with Gasteiger partial charge < -0.3 is 10.1 Å². The second kappa shape index (κ2) is 5.61. The highest BCUT2D eigenvalue weighted by Gasteiger charge is 2.22. The topological polar surface area (TPSA) is 38.3 Å². The lowest BCUT2D eigenvalue weighted by Gasteiger charge is -2.28. The van der Waals surface area contributed by atoms with Gasteiger partial charge in [-0.15, -0.1) is 0 Å². The first-order chi connectivity index (χ1) is 6.68.